The van der Waals surface area contributed by atoms with Crippen molar-refractivity contribution in [1.29, 1.82) is 5.26 Å². The molecule has 0 bridgehead atoms. The minimum Gasteiger partial charge on any atom is -0.322 e. The lowest BCUT2D eigenvalue weighted by Crippen LogP contribution is -2.11. The molecule has 0 saturated carbocycles. The summed E-state index contributed by atoms with van der Waals surface area (Å²) in [4.78, 5) is 12.3. The molecule has 0 spiro atoms. The van der Waals surface area contributed by atoms with Gasteiger partial charge < -0.3 is 5.32 Å². The van der Waals surface area contributed by atoms with Crippen LogP contribution in [0, 0.1) is 11.3 Å². The van der Waals surface area contributed by atoms with E-state index in [4.69, 9.17) is 5.26 Å². The fraction of sp³-hybridized carbons (Fsp3) is 0. The van der Waals surface area contributed by atoms with E-state index in [0.717, 1.165) is 10.1 Å². The maximum atomic E-state index is 12.3. The molecule has 0 aliphatic heterocycles. The van der Waals surface area contributed by atoms with E-state index in [2.05, 4.69) is 11.4 Å². The molecule has 20 heavy (non-hydrogen) atoms. The van der Waals surface area contributed by atoms with Gasteiger partial charge in [-0.25, -0.2) is 0 Å². The number of fused-ring (bicyclic) bond motifs is 1. The third kappa shape index (κ3) is 2.27. The lowest BCUT2D eigenvalue weighted by molar-refractivity contribution is 0.102. The Morgan fingerprint density at radius 2 is 2.00 bits per heavy atom. The minimum absolute atomic E-state index is 0.155. The molecular formula is C16H10N2OS. The third-order valence-electron chi connectivity index (χ3n) is 2.98. The first-order valence-electron chi connectivity index (χ1n) is 6.05. The molecule has 0 radical (unpaired) electrons. The average Bonchev–Trinajstić information content (AvgIpc) is 2.91. The van der Waals surface area contributed by atoms with Gasteiger partial charge >= 0.3 is 0 Å². The summed E-state index contributed by atoms with van der Waals surface area (Å²) >= 11 is 1.55. The van der Waals surface area contributed by atoms with Gasteiger partial charge in [-0.15, -0.1) is 11.3 Å². The first kappa shape index (κ1) is 12.4. The van der Waals surface area contributed by atoms with Gasteiger partial charge in [0.2, 0.25) is 0 Å². The Balaban J connectivity index is 1.91. The second-order valence-corrected chi connectivity index (χ2v) is 5.20. The molecule has 1 aromatic heterocycles. The highest BCUT2D eigenvalue weighted by atomic mass is 32.1. The summed E-state index contributed by atoms with van der Waals surface area (Å²) in [6.07, 6.45) is 0. The Morgan fingerprint density at radius 1 is 1.15 bits per heavy atom. The van der Waals surface area contributed by atoms with Gasteiger partial charge in [0.05, 0.1) is 17.2 Å². The summed E-state index contributed by atoms with van der Waals surface area (Å²) in [5.74, 6) is -0.155. The van der Waals surface area contributed by atoms with E-state index in [0.29, 0.717) is 16.8 Å². The van der Waals surface area contributed by atoms with E-state index in [1.165, 1.54) is 0 Å². The predicted octanol–water partition coefficient (Wildman–Crippen LogP) is 4.03. The number of carbonyl (C=O) groups excluding carboxylic acids is 1. The fourth-order valence-corrected chi connectivity index (χ4v) is 2.96. The van der Waals surface area contributed by atoms with Crippen molar-refractivity contribution in [2.75, 3.05) is 5.32 Å². The number of benzene rings is 2. The van der Waals surface area contributed by atoms with E-state index < -0.39 is 0 Å². The monoisotopic (exact) mass is 278 g/mol. The number of thiophene rings is 1. The number of amides is 1. The number of nitrogens with one attached hydrogen (secondary N) is 1. The van der Waals surface area contributed by atoms with Crippen LogP contribution in [0.2, 0.25) is 0 Å². The van der Waals surface area contributed by atoms with Crippen molar-refractivity contribution < 1.29 is 4.79 Å². The summed E-state index contributed by atoms with van der Waals surface area (Å²) in [7, 11) is 0. The molecule has 2 aromatic carbocycles. The Kier molecular flexibility index (Phi) is 3.20. The molecule has 1 heterocycles. The predicted molar refractivity (Wildman–Crippen MR) is 80.9 cm³/mol. The van der Waals surface area contributed by atoms with Crippen LogP contribution in [0.15, 0.2) is 53.9 Å². The van der Waals surface area contributed by atoms with Crippen molar-refractivity contribution in [3.8, 4) is 6.07 Å². The summed E-state index contributed by atoms with van der Waals surface area (Å²) in [5.41, 5.74) is 1.82. The second kappa shape index (κ2) is 5.16. The number of hydrogen-bond donors (Lipinski definition) is 1. The molecule has 0 unspecified atom stereocenters. The van der Waals surface area contributed by atoms with Crippen LogP contribution in [-0.4, -0.2) is 5.91 Å². The summed E-state index contributed by atoms with van der Waals surface area (Å²) in [6, 6.07) is 16.7. The lowest BCUT2D eigenvalue weighted by atomic mass is 10.1. The topological polar surface area (TPSA) is 52.9 Å². The van der Waals surface area contributed by atoms with Crippen LogP contribution in [0.3, 0.4) is 0 Å². The normalized spacial score (nSPS) is 10.2. The Labute approximate surface area is 120 Å². The number of nitriles is 1. The summed E-state index contributed by atoms with van der Waals surface area (Å²) < 4.78 is 1.09. The highest BCUT2D eigenvalue weighted by molar-refractivity contribution is 7.17. The van der Waals surface area contributed by atoms with Gasteiger partial charge in [-0.05, 0) is 24.3 Å². The van der Waals surface area contributed by atoms with Gasteiger partial charge in [-0.1, -0.05) is 24.3 Å². The number of rotatable bonds is 2. The van der Waals surface area contributed by atoms with Crippen LogP contribution < -0.4 is 5.32 Å². The molecule has 1 N–H and O–H groups in total. The summed E-state index contributed by atoms with van der Waals surface area (Å²) in [6.45, 7) is 0. The molecule has 3 nitrogen and oxygen atoms in total. The Morgan fingerprint density at radius 3 is 2.85 bits per heavy atom. The molecule has 1 amide bonds. The molecular weight excluding hydrogens is 268 g/mol. The van der Waals surface area contributed by atoms with Crippen molar-refractivity contribution in [2.24, 2.45) is 0 Å². The van der Waals surface area contributed by atoms with Gasteiger partial charge in [0.25, 0.3) is 5.91 Å². The van der Waals surface area contributed by atoms with Crippen molar-refractivity contribution in [3.63, 3.8) is 0 Å². The van der Waals surface area contributed by atoms with Crippen molar-refractivity contribution >= 4 is 33.0 Å². The van der Waals surface area contributed by atoms with Crippen molar-refractivity contribution in [1.82, 2.24) is 0 Å². The summed E-state index contributed by atoms with van der Waals surface area (Å²) in [5, 5.41) is 14.5. The first-order valence-corrected chi connectivity index (χ1v) is 6.93. The number of anilines is 1. The smallest absolute Gasteiger partial charge is 0.257 e. The second-order valence-electron chi connectivity index (χ2n) is 4.29. The van der Waals surface area contributed by atoms with Gasteiger partial charge in [0.1, 0.15) is 0 Å². The van der Waals surface area contributed by atoms with E-state index in [1.54, 1.807) is 35.6 Å². The SMILES string of the molecule is N#Cc1cccc(NC(=O)c2csc3ccccc23)c1. The standard InChI is InChI=1S/C16H10N2OS/c17-9-11-4-3-5-12(8-11)18-16(19)14-10-20-15-7-2-1-6-13(14)15/h1-8,10H,(H,18,19). The largest absolute Gasteiger partial charge is 0.322 e. The molecule has 0 aliphatic rings. The van der Waals surface area contributed by atoms with Gasteiger partial charge in [0.15, 0.2) is 0 Å². The van der Waals surface area contributed by atoms with Gasteiger partial charge in [0, 0.05) is 21.2 Å². The highest BCUT2D eigenvalue weighted by Crippen LogP contribution is 2.26. The number of carbonyl (C=O) groups is 1. The maximum Gasteiger partial charge on any atom is 0.257 e. The third-order valence-corrected chi connectivity index (χ3v) is 3.94. The molecule has 0 fully saturated rings. The zero-order valence-electron chi connectivity index (χ0n) is 10.5. The molecule has 0 saturated heterocycles. The van der Waals surface area contributed by atoms with Crippen LogP contribution in [0.5, 0.6) is 0 Å². The zero-order valence-corrected chi connectivity index (χ0v) is 11.3. The van der Waals surface area contributed by atoms with Crippen LogP contribution >= 0.6 is 11.3 Å². The van der Waals surface area contributed by atoms with Crippen LogP contribution in [0.25, 0.3) is 10.1 Å². The molecule has 0 atom stereocenters. The van der Waals surface area contributed by atoms with E-state index in [1.807, 2.05) is 29.6 Å². The van der Waals surface area contributed by atoms with E-state index in [9.17, 15) is 4.79 Å². The minimum atomic E-state index is -0.155. The Hall–Kier alpha value is -2.64. The fourth-order valence-electron chi connectivity index (χ4n) is 2.02. The van der Waals surface area contributed by atoms with E-state index in [-0.39, 0.29) is 5.91 Å². The van der Waals surface area contributed by atoms with Crippen molar-refractivity contribution in [3.05, 3.63) is 65.0 Å². The average molecular weight is 278 g/mol. The molecule has 96 valence electrons. The zero-order chi connectivity index (χ0) is 13.9. The number of nitrogens with zero attached hydrogens (tertiary/aromatic N) is 1. The molecule has 3 aromatic rings. The van der Waals surface area contributed by atoms with Gasteiger partial charge in [-0.3, -0.25) is 4.79 Å². The lowest BCUT2D eigenvalue weighted by Gasteiger charge is -2.04. The molecule has 0 aliphatic carbocycles. The molecule has 4 heteroatoms. The maximum absolute atomic E-state index is 12.3. The number of hydrogen-bond acceptors (Lipinski definition) is 3. The quantitative estimate of drug-likeness (QED) is 0.769. The van der Waals surface area contributed by atoms with Crippen LogP contribution in [0.1, 0.15) is 15.9 Å². The van der Waals surface area contributed by atoms with Gasteiger partial charge in [-0.2, -0.15) is 5.26 Å². The highest BCUT2D eigenvalue weighted by Gasteiger charge is 2.12. The van der Waals surface area contributed by atoms with Crippen molar-refractivity contribution in [2.45, 2.75) is 0 Å². The van der Waals surface area contributed by atoms with E-state index >= 15 is 0 Å². The Bertz CT molecular complexity index is 830. The van der Waals surface area contributed by atoms with Crippen LogP contribution in [-0.2, 0) is 0 Å². The molecule has 3 rings (SSSR count). The first-order chi connectivity index (χ1) is 9.78. The van der Waals surface area contributed by atoms with Crippen LogP contribution in [0.4, 0.5) is 5.69 Å².